The number of nitrogens with two attached hydrogens (primary N) is 2. The Balaban J connectivity index is 0.000000294. The van der Waals surface area contributed by atoms with Gasteiger partial charge in [0.05, 0.1) is 36.9 Å². The Morgan fingerprint density at radius 1 is 0.587 bits per heavy atom. The van der Waals surface area contributed by atoms with Crippen molar-refractivity contribution in [2.75, 3.05) is 64.9 Å². The molecule has 0 bridgehead atoms. The van der Waals surface area contributed by atoms with Crippen LogP contribution < -0.4 is 49.2 Å². The van der Waals surface area contributed by atoms with Gasteiger partial charge >= 0.3 is 35.8 Å². The van der Waals surface area contributed by atoms with Crippen LogP contribution in [0.25, 0.3) is 22.3 Å². The topological polar surface area (TPSA) is 475 Å². The molecule has 2 aliphatic carbocycles. The number of nitrogens with one attached hydrogen (secondary N) is 7. The summed E-state index contributed by atoms with van der Waals surface area (Å²) in [6.45, 7) is 2.27. The van der Waals surface area contributed by atoms with E-state index in [2.05, 4.69) is 66.5 Å². The summed E-state index contributed by atoms with van der Waals surface area (Å²) < 4.78 is 33.6. The lowest BCUT2D eigenvalue weighted by molar-refractivity contribution is -0.151. The predicted octanol–water partition coefficient (Wildman–Crippen LogP) is 6.83. The van der Waals surface area contributed by atoms with Gasteiger partial charge in [0.25, 0.3) is 22.9 Å². The van der Waals surface area contributed by atoms with Crippen LogP contribution in [0.1, 0.15) is 144 Å². The number of esters is 5. The molecule has 0 radical (unpaired) electrons. The molecule has 0 fully saturated rings. The first kappa shape index (κ1) is 79.9. The number of anilines is 4. The quantitative estimate of drug-likeness (QED) is 0.00633. The van der Waals surface area contributed by atoms with Crippen LogP contribution in [0, 0.1) is 0 Å². The zero-order valence-corrected chi connectivity index (χ0v) is 60.4. The van der Waals surface area contributed by atoms with Crippen molar-refractivity contribution < 1.29 is 73.3 Å². The molecule has 2 unspecified atom stereocenters. The number of hydrogen-bond acceptors (Lipinski definition) is 30. The minimum atomic E-state index is -1.25. The van der Waals surface area contributed by atoms with Crippen LogP contribution in [0.4, 0.5) is 23.3 Å². The molecule has 8 rings (SSSR count). The molecule has 4 heterocycles. The molecule has 32 nitrogen and oxygen atoms in total. The summed E-state index contributed by atoms with van der Waals surface area (Å²) in [6.07, 6.45) is 18.6. The van der Waals surface area contributed by atoms with Gasteiger partial charge < -0.3 is 66.8 Å². The van der Waals surface area contributed by atoms with E-state index in [0.717, 1.165) is 51.4 Å². The Morgan fingerprint density at radius 3 is 1.52 bits per heavy atom. The molecule has 0 spiro atoms. The van der Waals surface area contributed by atoms with E-state index in [1.807, 2.05) is 24.3 Å². The normalized spacial score (nSPS) is 15.8. The Kier molecular flexibility index (Phi) is 33.8. The second-order valence-corrected chi connectivity index (χ2v) is 28.6. The van der Waals surface area contributed by atoms with Crippen molar-refractivity contribution in [3.8, 4) is 0 Å². The zero-order valence-electron chi connectivity index (χ0n) is 58.1. The smallest absolute Gasteiger partial charge is 0.329 e. The number of benzene rings is 2. The second-order valence-electron chi connectivity index (χ2n) is 23.3. The highest BCUT2D eigenvalue weighted by Gasteiger charge is 2.30. The number of rotatable bonds is 36. The maximum atomic E-state index is 13.4. The lowest BCUT2D eigenvalue weighted by Crippen LogP contribution is -2.45. The van der Waals surface area contributed by atoms with Crippen molar-refractivity contribution in [3.63, 3.8) is 0 Å². The van der Waals surface area contributed by atoms with Gasteiger partial charge in [0.2, 0.25) is 17.8 Å². The number of carbonyl (C=O) groups excluding carboxylic acids is 8. The van der Waals surface area contributed by atoms with Gasteiger partial charge in [0.1, 0.15) is 50.2 Å². The number of aromatic nitrogens is 8. The van der Waals surface area contributed by atoms with E-state index in [1.54, 1.807) is 55.5 Å². The fraction of sp³-hybridized carbons (Fsp3) is 0.456. The number of carboxylic acid groups (broad SMARTS) is 1. The molecule has 12 N–H and O–H groups in total. The van der Waals surface area contributed by atoms with Crippen LogP contribution in [-0.2, 0) is 70.3 Å². The Labute approximate surface area is 615 Å². The molecular weight excluding hydrogens is 1430 g/mol. The molecule has 5 atom stereocenters. The number of carbonyl (C=O) groups is 9. The van der Waals surface area contributed by atoms with Crippen molar-refractivity contribution in [1.82, 2.24) is 55.8 Å². The van der Waals surface area contributed by atoms with Gasteiger partial charge in [-0.3, -0.25) is 48.3 Å². The summed E-state index contributed by atoms with van der Waals surface area (Å²) in [5.74, 6) is -4.26. The predicted molar refractivity (Wildman–Crippen MR) is 396 cm³/mol. The molecule has 6 aromatic rings. The molecule has 0 aliphatic heterocycles. The number of aliphatic carboxylic acids is 1. The van der Waals surface area contributed by atoms with Crippen molar-refractivity contribution in [1.29, 1.82) is 0 Å². The number of amides is 3. The monoisotopic (exact) mass is 1510 g/mol. The summed E-state index contributed by atoms with van der Waals surface area (Å²) in [7, 11) is 5.43. The molecule has 0 saturated heterocycles. The molecular formula is C68H85N15O17S4. The van der Waals surface area contributed by atoms with Gasteiger partial charge in [-0.2, -0.15) is 9.97 Å². The van der Waals surface area contributed by atoms with Gasteiger partial charge in [-0.25, -0.2) is 34.3 Å². The summed E-state index contributed by atoms with van der Waals surface area (Å²) in [4.78, 5) is 167. The Hall–Kier alpha value is -9.81. The lowest BCUT2D eigenvalue weighted by atomic mass is 10.0. The van der Waals surface area contributed by atoms with E-state index in [1.165, 1.54) is 55.6 Å². The molecule has 104 heavy (non-hydrogen) atoms. The number of carboxylic acids is 1. The molecule has 0 saturated carbocycles. The zero-order chi connectivity index (χ0) is 75.3. The van der Waals surface area contributed by atoms with Crippen molar-refractivity contribution >= 4 is 142 Å². The number of nitrogens with zero attached hydrogens (tertiary/aromatic N) is 6. The minimum Gasteiger partial charge on any atom is -0.480 e. The minimum absolute atomic E-state index is 0.00189. The van der Waals surface area contributed by atoms with Gasteiger partial charge in [-0.1, -0.05) is 75.1 Å². The molecule has 4 aromatic heterocycles. The molecule has 36 heteroatoms. The highest BCUT2D eigenvalue weighted by molar-refractivity contribution is 8.77. The van der Waals surface area contributed by atoms with Crippen LogP contribution in [0.3, 0.4) is 0 Å². The third-order valence-electron chi connectivity index (χ3n) is 15.3. The van der Waals surface area contributed by atoms with Crippen molar-refractivity contribution in [3.05, 3.63) is 128 Å². The average molecular weight is 1510 g/mol. The summed E-state index contributed by atoms with van der Waals surface area (Å²) in [5.41, 5.74) is 13.3. The summed E-state index contributed by atoms with van der Waals surface area (Å²) in [5, 5.41) is 23.8. The van der Waals surface area contributed by atoms with Gasteiger partial charge in [0, 0.05) is 73.0 Å². The highest BCUT2D eigenvalue weighted by Crippen LogP contribution is 2.24. The van der Waals surface area contributed by atoms with Crippen LogP contribution in [-0.4, -0.2) is 172 Å². The number of H-pyrrole nitrogens is 2. The Morgan fingerprint density at radius 2 is 1.05 bits per heavy atom. The average Bonchev–Trinajstić information content (AvgIpc) is 0.812. The van der Waals surface area contributed by atoms with Crippen molar-refractivity contribution in [2.24, 2.45) is 0 Å². The third-order valence-corrected chi connectivity index (χ3v) is 20.0. The van der Waals surface area contributed by atoms with Gasteiger partial charge in [0.15, 0.2) is 22.3 Å². The van der Waals surface area contributed by atoms with E-state index in [-0.39, 0.29) is 103 Å². The highest BCUT2D eigenvalue weighted by atomic mass is 33.1. The summed E-state index contributed by atoms with van der Waals surface area (Å²) in [6, 6.07) is 9.43. The fourth-order valence-electron chi connectivity index (χ4n) is 9.89. The SMILES string of the molecule is CCC(=O)OCCSSCCOC(=O)CC[C@@H](NC(=O)c1ccc(NCc2cnc3nc(N)[nH]c(=O)c3n2)cc1)C(=O)OC1/C=C/CCCCC1.[2H]CC(=O)OCCSSC[C@@H](NC(=O)CC[C@@H](NC(=O)c1ccc(NCc2cnc3nc(N)[nH]c(=O)c3n2)cc1)C(=O)OC1/C=C/CCCCC1)C(=O)O. The van der Waals surface area contributed by atoms with Crippen LogP contribution in [0.5, 0.6) is 0 Å². The van der Waals surface area contributed by atoms with E-state index < -0.39 is 95.9 Å². The first-order chi connectivity index (χ1) is 50.7. The molecule has 3 amide bonds. The second kappa shape index (κ2) is 44.0. The number of allylic oxidation sites excluding steroid dienone is 2. The number of hydrogen-bond donors (Lipinski definition) is 10. The van der Waals surface area contributed by atoms with Gasteiger partial charge in [-0.05, 0) is 125 Å². The number of fused-ring (bicyclic) bond motifs is 2. The van der Waals surface area contributed by atoms with E-state index in [0.29, 0.717) is 71.5 Å². The van der Waals surface area contributed by atoms with E-state index in [9.17, 15) is 57.8 Å². The maximum Gasteiger partial charge on any atom is 0.329 e. The number of aromatic amines is 2. The number of ether oxygens (including phenoxy) is 5. The molecule has 2 aromatic carbocycles. The Bertz CT molecular complexity index is 4100. The maximum absolute atomic E-state index is 13.4. The largest absolute Gasteiger partial charge is 0.480 e. The first-order valence-corrected chi connectivity index (χ1v) is 38.5. The van der Waals surface area contributed by atoms with Crippen LogP contribution in [0.2, 0.25) is 0 Å². The van der Waals surface area contributed by atoms with Crippen LogP contribution in [0.15, 0.2) is 94.8 Å². The molecule has 2 aliphatic rings. The first-order valence-electron chi connectivity index (χ1n) is 34.3. The van der Waals surface area contributed by atoms with Crippen LogP contribution >= 0.6 is 43.2 Å². The summed E-state index contributed by atoms with van der Waals surface area (Å²) >= 11 is 0. The van der Waals surface area contributed by atoms with E-state index in [4.69, 9.17) is 36.5 Å². The standard InChI is InChI=1S/C34H42N8O9S2.C34H43N7O8S2/c1-20(43)50-15-16-52-53-19-26(32(47)48)39-27(44)14-13-25(33(49)51-24-7-5-3-2-4-6-8-24)40-30(45)21-9-11-22(12-10-21)36-17-23-18-37-29-28(38-23)31(46)42-34(35)41-29;1-2-27(42)47-16-18-50-51-19-17-48-28(43)15-14-26(33(46)49-25-8-6-4-3-5-7-9-25)39-31(44)22-10-12-23(13-11-22)36-20-24-21-37-30-29(38-24)32(45)41-34(35)40-30/h5,7,9-12,18,24-26,36H,2-4,6,8,13-17,19H2,1H3,(H,39,44)(H,40,45)(H,47,48)(H3,35,37,41,42,46);6,8,10-13,21,25-26,36H,2-5,7,9,14-20H2,1H3,(H,39,44)(H3,35,37,40,41,45)/b7-5+;8-6+/t24?,25-,26-;25?,26-/m11/s1/i1D;. The van der Waals surface area contributed by atoms with Crippen molar-refractivity contribution in [2.45, 2.75) is 154 Å². The third kappa shape index (κ3) is 29.1. The van der Waals surface area contributed by atoms with Gasteiger partial charge in [-0.15, -0.1) is 0 Å². The fourth-order valence-corrected chi connectivity index (χ4v) is 13.5. The molecule has 558 valence electrons. The number of nitrogen functional groups attached to an aromatic ring is 2. The lowest BCUT2D eigenvalue weighted by Gasteiger charge is -2.22. The van der Waals surface area contributed by atoms with E-state index >= 15 is 0 Å².